The summed E-state index contributed by atoms with van der Waals surface area (Å²) in [5.74, 6) is 0. The fraction of sp³-hybridized carbons (Fsp3) is 0.538. The van der Waals surface area contributed by atoms with Crippen molar-refractivity contribution in [3.8, 4) is 0 Å². The first-order valence-electron chi connectivity index (χ1n) is 6.78. The first kappa shape index (κ1) is 16.1. The average molecular weight is 319 g/mol. The molecule has 8 heteroatoms. The Bertz CT molecular complexity index is 577. The first-order valence-corrected chi connectivity index (χ1v) is 8.27. The third-order valence-corrected chi connectivity index (χ3v) is 4.72. The lowest BCUT2D eigenvalue weighted by atomic mass is 10.3. The predicted octanol–water partition coefficient (Wildman–Crippen LogP) is 1.16. The molecule has 0 heterocycles. The second kappa shape index (κ2) is 6.67. The lowest BCUT2D eigenvalue weighted by molar-refractivity contribution is 0.155. The van der Waals surface area contributed by atoms with Crippen molar-refractivity contribution in [1.82, 2.24) is 4.72 Å². The maximum atomic E-state index is 12.7. The minimum absolute atomic E-state index is 0.0194. The second-order valence-electron chi connectivity index (χ2n) is 4.99. The normalized spacial score (nSPS) is 15.4. The van der Waals surface area contributed by atoms with E-state index in [1.165, 1.54) is 17.0 Å². The lowest BCUT2D eigenvalue weighted by Gasteiger charge is -2.26. The molecule has 0 aromatic heterocycles. The molecule has 3 N–H and O–H groups in total. The van der Waals surface area contributed by atoms with Crippen molar-refractivity contribution < 1.29 is 17.2 Å². The van der Waals surface area contributed by atoms with Gasteiger partial charge in [-0.05, 0) is 25.0 Å². The minimum atomic E-state index is -3.70. The maximum absolute atomic E-state index is 12.7. The van der Waals surface area contributed by atoms with Gasteiger partial charge in [0.15, 0.2) is 0 Å². The van der Waals surface area contributed by atoms with Gasteiger partial charge in [-0.1, -0.05) is 12.1 Å². The fourth-order valence-electron chi connectivity index (χ4n) is 2.06. The molecule has 1 fully saturated rings. The molecule has 2 rings (SSSR count). The van der Waals surface area contributed by atoms with E-state index >= 15 is 0 Å². The zero-order chi connectivity index (χ0) is 15.5. The van der Waals surface area contributed by atoms with Crippen molar-refractivity contribution in [2.24, 2.45) is 5.73 Å². The number of hydrogen-bond acceptors (Lipinski definition) is 4. The van der Waals surface area contributed by atoms with Crippen molar-refractivity contribution in [3.05, 3.63) is 24.3 Å². The van der Waals surface area contributed by atoms with Crippen molar-refractivity contribution in [1.29, 1.82) is 0 Å². The molecule has 1 aliphatic carbocycles. The van der Waals surface area contributed by atoms with Crippen LogP contribution in [0.15, 0.2) is 29.2 Å². The molecular formula is C13H19F2N3O2S. The maximum Gasteiger partial charge on any atom is 0.255 e. The van der Waals surface area contributed by atoms with Crippen LogP contribution in [0.25, 0.3) is 0 Å². The number of nitrogens with zero attached hydrogens (tertiary/aromatic N) is 1. The highest BCUT2D eigenvalue weighted by Gasteiger charge is 2.30. The highest BCUT2D eigenvalue weighted by atomic mass is 32.2. The molecule has 0 radical (unpaired) electrons. The van der Waals surface area contributed by atoms with Gasteiger partial charge in [-0.2, -0.15) is 0 Å². The number of alkyl halides is 2. The summed E-state index contributed by atoms with van der Waals surface area (Å²) in [6.07, 6.45) is -0.945. The first-order chi connectivity index (χ1) is 9.94. The summed E-state index contributed by atoms with van der Waals surface area (Å²) in [6, 6.07) is 6.12. The van der Waals surface area contributed by atoms with E-state index < -0.39 is 23.0 Å². The molecule has 0 bridgehead atoms. The standard InChI is InChI=1S/C13H19F2N3O2S/c14-13(15)9-18(8-7-16)11-3-1-2-4-12(11)21(19,20)17-10-5-6-10/h1-4,10,13,17H,5-9,16H2. The van der Waals surface area contributed by atoms with Crippen molar-refractivity contribution in [2.45, 2.75) is 30.2 Å². The van der Waals surface area contributed by atoms with E-state index in [1.54, 1.807) is 12.1 Å². The Kier molecular flexibility index (Phi) is 5.13. The van der Waals surface area contributed by atoms with Crippen LogP contribution in [-0.4, -0.2) is 40.5 Å². The number of halogens is 2. The second-order valence-corrected chi connectivity index (χ2v) is 6.67. The zero-order valence-corrected chi connectivity index (χ0v) is 12.3. The monoisotopic (exact) mass is 319 g/mol. The molecule has 1 aliphatic rings. The molecular weight excluding hydrogens is 300 g/mol. The Labute approximate surface area is 123 Å². The van der Waals surface area contributed by atoms with Gasteiger partial charge in [-0.15, -0.1) is 0 Å². The molecule has 1 saturated carbocycles. The van der Waals surface area contributed by atoms with Gasteiger partial charge in [0.2, 0.25) is 10.0 Å². The number of benzene rings is 1. The van der Waals surface area contributed by atoms with E-state index in [-0.39, 0.29) is 29.7 Å². The quantitative estimate of drug-likeness (QED) is 0.754. The van der Waals surface area contributed by atoms with Crippen LogP contribution in [0, 0.1) is 0 Å². The van der Waals surface area contributed by atoms with E-state index in [0.717, 1.165) is 12.8 Å². The predicted molar refractivity (Wildman–Crippen MR) is 77.1 cm³/mol. The number of nitrogens with one attached hydrogen (secondary N) is 1. The van der Waals surface area contributed by atoms with E-state index in [2.05, 4.69) is 4.72 Å². The number of sulfonamides is 1. The van der Waals surface area contributed by atoms with Gasteiger partial charge in [0.1, 0.15) is 4.90 Å². The fourth-order valence-corrected chi connectivity index (χ4v) is 3.59. The van der Waals surface area contributed by atoms with Crippen LogP contribution >= 0.6 is 0 Å². The van der Waals surface area contributed by atoms with Gasteiger partial charge < -0.3 is 10.6 Å². The van der Waals surface area contributed by atoms with Gasteiger partial charge in [0, 0.05) is 19.1 Å². The summed E-state index contributed by atoms with van der Waals surface area (Å²) in [4.78, 5) is 1.33. The van der Waals surface area contributed by atoms with Gasteiger partial charge >= 0.3 is 0 Å². The number of para-hydroxylation sites is 1. The van der Waals surface area contributed by atoms with Crippen LogP contribution in [0.1, 0.15) is 12.8 Å². The number of nitrogens with two attached hydrogens (primary N) is 1. The molecule has 118 valence electrons. The summed E-state index contributed by atoms with van der Waals surface area (Å²) in [6.45, 7) is -0.218. The Balaban J connectivity index is 2.33. The molecule has 1 aromatic rings. The van der Waals surface area contributed by atoms with Crippen LogP contribution in [0.2, 0.25) is 0 Å². The number of anilines is 1. The van der Waals surface area contributed by atoms with Crippen molar-refractivity contribution >= 4 is 15.7 Å². The lowest BCUT2D eigenvalue weighted by Crippen LogP contribution is -2.36. The van der Waals surface area contributed by atoms with E-state index in [0.29, 0.717) is 0 Å². The van der Waals surface area contributed by atoms with E-state index in [9.17, 15) is 17.2 Å². The highest BCUT2D eigenvalue weighted by Crippen LogP contribution is 2.28. The van der Waals surface area contributed by atoms with Crippen LogP contribution < -0.4 is 15.4 Å². The number of rotatable bonds is 8. The highest BCUT2D eigenvalue weighted by molar-refractivity contribution is 7.89. The SMILES string of the molecule is NCCN(CC(F)F)c1ccccc1S(=O)(=O)NC1CC1. The molecule has 0 unspecified atom stereocenters. The Morgan fingerprint density at radius 1 is 1.33 bits per heavy atom. The molecule has 0 aliphatic heterocycles. The summed E-state index contributed by atoms with van der Waals surface area (Å²) in [7, 11) is -3.70. The third kappa shape index (κ3) is 4.36. The number of hydrogen-bond donors (Lipinski definition) is 2. The Morgan fingerprint density at radius 3 is 2.57 bits per heavy atom. The van der Waals surface area contributed by atoms with Crippen LogP contribution in [0.4, 0.5) is 14.5 Å². The minimum Gasteiger partial charge on any atom is -0.363 e. The molecule has 0 spiro atoms. The van der Waals surface area contributed by atoms with Gasteiger partial charge in [-0.25, -0.2) is 21.9 Å². The van der Waals surface area contributed by atoms with E-state index in [1.807, 2.05) is 0 Å². The van der Waals surface area contributed by atoms with Gasteiger partial charge in [0.05, 0.1) is 12.2 Å². The van der Waals surface area contributed by atoms with E-state index in [4.69, 9.17) is 5.73 Å². The Hall–Kier alpha value is -1.25. The molecule has 0 atom stereocenters. The zero-order valence-electron chi connectivity index (χ0n) is 11.5. The largest absolute Gasteiger partial charge is 0.363 e. The summed E-state index contributed by atoms with van der Waals surface area (Å²) in [5.41, 5.74) is 5.70. The van der Waals surface area contributed by atoms with Gasteiger partial charge in [-0.3, -0.25) is 0 Å². The summed E-state index contributed by atoms with van der Waals surface area (Å²) < 4.78 is 52.6. The van der Waals surface area contributed by atoms with Crippen LogP contribution in [0.3, 0.4) is 0 Å². The summed E-state index contributed by atoms with van der Waals surface area (Å²) >= 11 is 0. The molecule has 0 amide bonds. The smallest absolute Gasteiger partial charge is 0.255 e. The van der Waals surface area contributed by atoms with Crippen LogP contribution in [-0.2, 0) is 10.0 Å². The van der Waals surface area contributed by atoms with Gasteiger partial charge in [0.25, 0.3) is 6.43 Å². The molecule has 21 heavy (non-hydrogen) atoms. The molecule has 5 nitrogen and oxygen atoms in total. The van der Waals surface area contributed by atoms with Crippen molar-refractivity contribution in [2.75, 3.05) is 24.5 Å². The van der Waals surface area contributed by atoms with Crippen molar-refractivity contribution in [3.63, 3.8) is 0 Å². The summed E-state index contributed by atoms with van der Waals surface area (Å²) in [5, 5.41) is 0. The van der Waals surface area contributed by atoms with Crippen LogP contribution in [0.5, 0.6) is 0 Å². The molecule has 0 saturated heterocycles. The Morgan fingerprint density at radius 2 is 2.00 bits per heavy atom. The average Bonchev–Trinajstić information content (AvgIpc) is 3.21. The topological polar surface area (TPSA) is 75.4 Å². The third-order valence-electron chi connectivity index (χ3n) is 3.15. The molecule has 1 aromatic carbocycles.